The van der Waals surface area contributed by atoms with Crippen LogP contribution >= 0.6 is 0 Å². The van der Waals surface area contributed by atoms with E-state index in [9.17, 15) is 4.79 Å². The van der Waals surface area contributed by atoms with Gasteiger partial charge in [0.15, 0.2) is 5.82 Å². The van der Waals surface area contributed by atoms with Crippen molar-refractivity contribution in [3.8, 4) is 0 Å². The molecule has 1 rings (SSSR count). The van der Waals surface area contributed by atoms with E-state index < -0.39 is 0 Å². The molecule has 1 heterocycles. The molecule has 5 heteroatoms. The summed E-state index contributed by atoms with van der Waals surface area (Å²) in [7, 11) is 0. The van der Waals surface area contributed by atoms with Gasteiger partial charge in [0, 0.05) is 11.8 Å². The van der Waals surface area contributed by atoms with Crippen LogP contribution in [0, 0.1) is 5.92 Å². The van der Waals surface area contributed by atoms with Gasteiger partial charge in [-0.15, -0.1) is 0 Å². The van der Waals surface area contributed by atoms with Gasteiger partial charge in [0.2, 0.25) is 11.8 Å². The lowest BCUT2D eigenvalue weighted by atomic mass is 10.2. The Hall–Kier alpha value is -1.39. The van der Waals surface area contributed by atoms with Crippen LogP contribution in [0.2, 0.25) is 0 Å². The van der Waals surface area contributed by atoms with Crippen molar-refractivity contribution in [2.45, 2.75) is 40.2 Å². The molecule has 0 aliphatic heterocycles. The highest BCUT2D eigenvalue weighted by Crippen LogP contribution is 2.10. The van der Waals surface area contributed by atoms with Gasteiger partial charge >= 0.3 is 0 Å². The summed E-state index contributed by atoms with van der Waals surface area (Å²) >= 11 is 0. The van der Waals surface area contributed by atoms with Crippen molar-refractivity contribution < 1.29 is 9.32 Å². The Morgan fingerprint density at radius 3 is 2.53 bits per heavy atom. The fourth-order valence-corrected chi connectivity index (χ4v) is 0.944. The zero-order chi connectivity index (χ0) is 11.4. The van der Waals surface area contributed by atoms with Crippen LogP contribution in [0.5, 0.6) is 0 Å². The van der Waals surface area contributed by atoms with Gasteiger partial charge in [0.1, 0.15) is 0 Å². The maximum absolute atomic E-state index is 11.3. The molecule has 1 N–H and O–H groups in total. The van der Waals surface area contributed by atoms with Gasteiger partial charge in [-0.2, -0.15) is 4.98 Å². The lowest BCUT2D eigenvalue weighted by Crippen LogP contribution is -2.27. The summed E-state index contributed by atoms with van der Waals surface area (Å²) in [5, 5.41) is 6.49. The molecule has 84 valence electrons. The lowest BCUT2D eigenvalue weighted by molar-refractivity contribution is -0.124. The monoisotopic (exact) mass is 211 g/mol. The first kappa shape index (κ1) is 11.7. The molecule has 0 atom stereocenters. The Balaban J connectivity index is 2.48. The number of carbonyl (C=O) groups is 1. The van der Waals surface area contributed by atoms with Crippen LogP contribution in [0.15, 0.2) is 4.52 Å². The quantitative estimate of drug-likeness (QED) is 0.818. The minimum absolute atomic E-state index is 0.00843. The third-order valence-electron chi connectivity index (χ3n) is 1.92. The average molecular weight is 211 g/mol. The smallest absolute Gasteiger partial charge is 0.229 e. The molecule has 0 saturated carbocycles. The highest BCUT2D eigenvalue weighted by atomic mass is 16.5. The predicted octanol–water partition coefficient (Wildman–Crippen LogP) is 1.47. The highest BCUT2D eigenvalue weighted by molar-refractivity contribution is 5.77. The van der Waals surface area contributed by atoms with E-state index in [4.69, 9.17) is 4.52 Å². The molecule has 5 nitrogen and oxygen atoms in total. The zero-order valence-electron chi connectivity index (χ0n) is 9.57. The second kappa shape index (κ2) is 4.91. The maximum atomic E-state index is 11.3. The molecule has 0 unspecified atom stereocenters. The second-order valence-corrected chi connectivity index (χ2v) is 4.08. The SMILES string of the molecule is CC(C)C(=O)NCc1noc(C(C)C)n1. The number of hydrogen-bond donors (Lipinski definition) is 1. The molecule has 0 aromatic carbocycles. The van der Waals surface area contributed by atoms with Crippen LogP contribution < -0.4 is 5.32 Å². The molecule has 0 bridgehead atoms. The van der Waals surface area contributed by atoms with Gasteiger partial charge in [-0.3, -0.25) is 4.79 Å². The molecule has 0 radical (unpaired) electrons. The van der Waals surface area contributed by atoms with Crippen molar-refractivity contribution in [2.75, 3.05) is 0 Å². The van der Waals surface area contributed by atoms with E-state index in [0.717, 1.165) is 0 Å². The van der Waals surface area contributed by atoms with E-state index in [1.54, 1.807) is 0 Å². The number of amides is 1. The Bertz CT molecular complexity index is 331. The van der Waals surface area contributed by atoms with E-state index >= 15 is 0 Å². The molecule has 1 aromatic rings. The minimum atomic E-state index is -0.0264. The van der Waals surface area contributed by atoms with Crippen LogP contribution in [0.1, 0.15) is 45.3 Å². The Labute approximate surface area is 89.2 Å². The fraction of sp³-hybridized carbons (Fsp3) is 0.700. The standard InChI is InChI=1S/C10H17N3O2/c1-6(2)9(14)11-5-8-12-10(7(3)4)15-13-8/h6-7H,5H2,1-4H3,(H,11,14). The van der Waals surface area contributed by atoms with Crippen LogP contribution in [0.25, 0.3) is 0 Å². The van der Waals surface area contributed by atoms with Crippen LogP contribution in [0.3, 0.4) is 0 Å². The number of carbonyl (C=O) groups excluding carboxylic acids is 1. The molecule has 0 spiro atoms. The molecule has 1 amide bonds. The Morgan fingerprint density at radius 1 is 1.40 bits per heavy atom. The van der Waals surface area contributed by atoms with Crippen LogP contribution in [-0.4, -0.2) is 16.0 Å². The summed E-state index contributed by atoms with van der Waals surface area (Å²) in [5.41, 5.74) is 0. The van der Waals surface area contributed by atoms with E-state index in [1.807, 2.05) is 27.7 Å². The van der Waals surface area contributed by atoms with E-state index in [-0.39, 0.29) is 17.7 Å². The van der Waals surface area contributed by atoms with Gasteiger partial charge in [0.25, 0.3) is 0 Å². The Morgan fingerprint density at radius 2 is 2.07 bits per heavy atom. The second-order valence-electron chi connectivity index (χ2n) is 4.08. The molecule has 0 fully saturated rings. The third-order valence-corrected chi connectivity index (χ3v) is 1.92. The first-order valence-corrected chi connectivity index (χ1v) is 5.11. The summed E-state index contributed by atoms with van der Waals surface area (Å²) < 4.78 is 5.01. The summed E-state index contributed by atoms with van der Waals surface area (Å²) in [5.74, 6) is 1.30. The molecule has 0 aliphatic rings. The Kier molecular flexibility index (Phi) is 3.82. The van der Waals surface area contributed by atoms with Crippen LogP contribution in [0.4, 0.5) is 0 Å². The van der Waals surface area contributed by atoms with Gasteiger partial charge in [0.05, 0.1) is 6.54 Å². The van der Waals surface area contributed by atoms with Gasteiger partial charge in [-0.25, -0.2) is 0 Å². The molecular formula is C10H17N3O2. The molecule has 0 aliphatic carbocycles. The first-order chi connectivity index (χ1) is 7.00. The highest BCUT2D eigenvalue weighted by Gasteiger charge is 2.11. The number of nitrogens with one attached hydrogen (secondary N) is 1. The maximum Gasteiger partial charge on any atom is 0.229 e. The molecule has 1 aromatic heterocycles. The normalized spacial score (nSPS) is 11.1. The topological polar surface area (TPSA) is 68.0 Å². The summed E-state index contributed by atoms with van der Waals surface area (Å²) in [6.07, 6.45) is 0. The summed E-state index contributed by atoms with van der Waals surface area (Å²) in [4.78, 5) is 15.4. The number of aromatic nitrogens is 2. The van der Waals surface area contributed by atoms with Crippen molar-refractivity contribution in [3.63, 3.8) is 0 Å². The van der Waals surface area contributed by atoms with Crippen molar-refractivity contribution >= 4 is 5.91 Å². The third kappa shape index (κ3) is 3.34. The van der Waals surface area contributed by atoms with Crippen molar-refractivity contribution in [2.24, 2.45) is 5.92 Å². The molecular weight excluding hydrogens is 194 g/mol. The van der Waals surface area contributed by atoms with Crippen LogP contribution in [-0.2, 0) is 11.3 Å². The molecule has 0 saturated heterocycles. The van der Waals surface area contributed by atoms with E-state index in [1.165, 1.54) is 0 Å². The lowest BCUT2D eigenvalue weighted by Gasteiger charge is -2.03. The zero-order valence-corrected chi connectivity index (χ0v) is 9.57. The van der Waals surface area contributed by atoms with Crippen molar-refractivity contribution in [3.05, 3.63) is 11.7 Å². The van der Waals surface area contributed by atoms with Gasteiger partial charge < -0.3 is 9.84 Å². The van der Waals surface area contributed by atoms with Gasteiger partial charge in [-0.1, -0.05) is 32.9 Å². The number of nitrogens with zero attached hydrogens (tertiary/aromatic N) is 2. The van der Waals surface area contributed by atoms with Crippen molar-refractivity contribution in [1.82, 2.24) is 15.5 Å². The summed E-state index contributed by atoms with van der Waals surface area (Å²) in [6.45, 7) is 7.96. The first-order valence-electron chi connectivity index (χ1n) is 5.11. The molecule has 15 heavy (non-hydrogen) atoms. The largest absolute Gasteiger partial charge is 0.348 e. The average Bonchev–Trinajstić information content (AvgIpc) is 2.62. The van der Waals surface area contributed by atoms with E-state index in [2.05, 4.69) is 15.5 Å². The summed E-state index contributed by atoms with van der Waals surface area (Å²) in [6, 6.07) is 0. The predicted molar refractivity (Wildman–Crippen MR) is 55.1 cm³/mol. The van der Waals surface area contributed by atoms with Crippen molar-refractivity contribution in [1.29, 1.82) is 0 Å². The van der Waals surface area contributed by atoms with Gasteiger partial charge in [-0.05, 0) is 0 Å². The van der Waals surface area contributed by atoms with E-state index in [0.29, 0.717) is 18.3 Å². The fourth-order valence-electron chi connectivity index (χ4n) is 0.944. The number of rotatable bonds is 4. The number of hydrogen-bond acceptors (Lipinski definition) is 4. The minimum Gasteiger partial charge on any atom is -0.348 e.